The average Bonchev–Trinajstić information content (AvgIpc) is 2.30. The van der Waals surface area contributed by atoms with E-state index in [1.807, 2.05) is 12.4 Å². The van der Waals surface area contributed by atoms with Crippen LogP contribution in [0, 0.1) is 0 Å². The summed E-state index contributed by atoms with van der Waals surface area (Å²) in [6, 6.07) is 0. The van der Waals surface area contributed by atoms with Gasteiger partial charge in [-0.1, -0.05) is 6.42 Å². The Morgan fingerprint density at radius 2 is 2.08 bits per heavy atom. The van der Waals surface area contributed by atoms with E-state index in [1.54, 1.807) is 0 Å². The Labute approximate surface area is 73.3 Å². The van der Waals surface area contributed by atoms with E-state index in [4.69, 9.17) is 0 Å². The Bertz CT molecular complexity index is 281. The molecule has 0 amide bonds. The molecule has 0 saturated heterocycles. The molecule has 1 aliphatic carbocycles. The summed E-state index contributed by atoms with van der Waals surface area (Å²) in [7, 11) is 2.12. The fraction of sp³-hybridized carbons (Fsp3) is 0.600. The SMILES string of the molecule is C[n+]1ccnc2c1CCCCC2. The van der Waals surface area contributed by atoms with Crippen molar-refractivity contribution in [2.24, 2.45) is 7.05 Å². The van der Waals surface area contributed by atoms with Gasteiger partial charge >= 0.3 is 0 Å². The maximum atomic E-state index is 4.42. The lowest BCUT2D eigenvalue weighted by molar-refractivity contribution is -0.680. The molecule has 2 heteroatoms. The van der Waals surface area contributed by atoms with Crippen LogP contribution in [0.1, 0.15) is 30.7 Å². The lowest BCUT2D eigenvalue weighted by Gasteiger charge is -2.00. The standard InChI is InChI=1S/C10H15N2/c1-12-8-7-11-9-5-3-2-4-6-10(9)12/h7-8H,2-6H2,1H3/q+1. The topological polar surface area (TPSA) is 16.8 Å². The Hall–Kier alpha value is -0.920. The zero-order chi connectivity index (χ0) is 8.39. The molecular formula is C10H15N2+. The predicted molar refractivity (Wildman–Crippen MR) is 46.7 cm³/mol. The highest BCUT2D eigenvalue weighted by Crippen LogP contribution is 2.14. The molecule has 1 aromatic rings. The molecule has 0 aliphatic heterocycles. The third-order valence-corrected chi connectivity index (χ3v) is 2.61. The highest BCUT2D eigenvalue weighted by Gasteiger charge is 2.16. The molecule has 0 bridgehead atoms. The van der Waals surface area contributed by atoms with Crippen molar-refractivity contribution in [2.45, 2.75) is 32.1 Å². The summed E-state index contributed by atoms with van der Waals surface area (Å²) in [5, 5.41) is 0. The van der Waals surface area contributed by atoms with Gasteiger partial charge in [0, 0.05) is 6.42 Å². The average molecular weight is 163 g/mol. The van der Waals surface area contributed by atoms with Gasteiger partial charge in [-0.3, -0.25) is 0 Å². The smallest absolute Gasteiger partial charge is 0.202 e. The minimum absolute atomic E-state index is 1.17. The number of rotatable bonds is 0. The van der Waals surface area contributed by atoms with Crippen molar-refractivity contribution in [1.29, 1.82) is 0 Å². The van der Waals surface area contributed by atoms with Gasteiger partial charge < -0.3 is 0 Å². The van der Waals surface area contributed by atoms with E-state index in [0.717, 1.165) is 0 Å². The molecule has 12 heavy (non-hydrogen) atoms. The molecular weight excluding hydrogens is 148 g/mol. The molecule has 0 radical (unpaired) electrons. The van der Waals surface area contributed by atoms with Gasteiger partial charge in [-0.2, -0.15) is 0 Å². The van der Waals surface area contributed by atoms with Crippen LogP contribution < -0.4 is 4.57 Å². The summed E-state index contributed by atoms with van der Waals surface area (Å²) in [6.07, 6.45) is 10.3. The quantitative estimate of drug-likeness (QED) is 0.414. The van der Waals surface area contributed by atoms with E-state index >= 15 is 0 Å². The Kier molecular flexibility index (Phi) is 2.07. The lowest BCUT2D eigenvalue weighted by atomic mass is 10.2. The maximum Gasteiger partial charge on any atom is 0.202 e. The second-order valence-electron chi connectivity index (χ2n) is 3.49. The zero-order valence-electron chi connectivity index (χ0n) is 7.58. The van der Waals surface area contributed by atoms with Gasteiger partial charge in [-0.05, 0) is 19.3 Å². The molecule has 1 aliphatic rings. The van der Waals surface area contributed by atoms with Crippen LogP contribution >= 0.6 is 0 Å². The molecule has 2 nitrogen and oxygen atoms in total. The molecule has 0 saturated carbocycles. The zero-order valence-corrected chi connectivity index (χ0v) is 7.58. The van der Waals surface area contributed by atoms with Crippen LogP contribution in [0.5, 0.6) is 0 Å². The maximum absolute atomic E-state index is 4.42. The molecule has 2 rings (SSSR count). The van der Waals surface area contributed by atoms with Crippen molar-refractivity contribution in [3.63, 3.8) is 0 Å². The van der Waals surface area contributed by atoms with Crippen molar-refractivity contribution < 1.29 is 4.57 Å². The van der Waals surface area contributed by atoms with Gasteiger partial charge in [-0.15, -0.1) is 0 Å². The number of hydrogen-bond donors (Lipinski definition) is 0. The molecule has 0 unspecified atom stereocenters. The second-order valence-corrected chi connectivity index (χ2v) is 3.49. The highest BCUT2D eigenvalue weighted by molar-refractivity contribution is 5.07. The summed E-state index contributed by atoms with van der Waals surface area (Å²) < 4.78 is 2.22. The van der Waals surface area contributed by atoms with Crippen molar-refractivity contribution >= 4 is 0 Å². The summed E-state index contributed by atoms with van der Waals surface area (Å²) in [5.74, 6) is 0. The Balaban J connectivity index is 2.42. The number of hydrogen-bond acceptors (Lipinski definition) is 1. The first-order chi connectivity index (χ1) is 5.88. The summed E-state index contributed by atoms with van der Waals surface area (Å²) in [6.45, 7) is 0. The monoisotopic (exact) mass is 163 g/mol. The summed E-state index contributed by atoms with van der Waals surface area (Å²) >= 11 is 0. The van der Waals surface area contributed by atoms with Crippen molar-refractivity contribution in [1.82, 2.24) is 4.98 Å². The minimum Gasteiger partial charge on any atom is -0.249 e. The molecule has 64 valence electrons. The lowest BCUT2D eigenvalue weighted by Crippen LogP contribution is -2.34. The van der Waals surface area contributed by atoms with Crippen LogP contribution in [0.3, 0.4) is 0 Å². The van der Waals surface area contributed by atoms with Gasteiger partial charge in [0.25, 0.3) is 0 Å². The van der Waals surface area contributed by atoms with E-state index in [1.165, 1.54) is 43.5 Å². The first kappa shape index (κ1) is 7.71. The first-order valence-corrected chi connectivity index (χ1v) is 4.70. The van der Waals surface area contributed by atoms with Gasteiger partial charge in [0.1, 0.15) is 12.7 Å². The van der Waals surface area contributed by atoms with Crippen LogP contribution in [0.4, 0.5) is 0 Å². The van der Waals surface area contributed by atoms with E-state index < -0.39 is 0 Å². The molecule has 0 spiro atoms. The fourth-order valence-electron chi connectivity index (χ4n) is 1.88. The van der Waals surface area contributed by atoms with E-state index in [-0.39, 0.29) is 0 Å². The van der Waals surface area contributed by atoms with Gasteiger partial charge in [0.05, 0.1) is 6.20 Å². The number of fused-ring (bicyclic) bond motifs is 1. The second kappa shape index (κ2) is 3.21. The van der Waals surface area contributed by atoms with E-state index in [0.29, 0.717) is 0 Å². The Morgan fingerprint density at radius 3 is 3.00 bits per heavy atom. The minimum atomic E-state index is 1.17. The fourth-order valence-corrected chi connectivity index (χ4v) is 1.88. The molecule has 0 N–H and O–H groups in total. The largest absolute Gasteiger partial charge is 0.249 e. The molecule has 1 aromatic heterocycles. The Morgan fingerprint density at radius 1 is 1.25 bits per heavy atom. The van der Waals surface area contributed by atoms with Crippen LogP contribution in [0.15, 0.2) is 12.4 Å². The van der Waals surface area contributed by atoms with Crippen molar-refractivity contribution in [3.8, 4) is 0 Å². The summed E-state index contributed by atoms with van der Waals surface area (Å²) in [5.41, 5.74) is 2.76. The molecule has 0 fully saturated rings. The van der Waals surface area contributed by atoms with Gasteiger partial charge in [-0.25, -0.2) is 9.55 Å². The van der Waals surface area contributed by atoms with Crippen LogP contribution in [0.2, 0.25) is 0 Å². The third kappa shape index (κ3) is 1.33. The highest BCUT2D eigenvalue weighted by atomic mass is 15.0. The van der Waals surface area contributed by atoms with Gasteiger partial charge in [0.2, 0.25) is 5.69 Å². The predicted octanol–water partition coefficient (Wildman–Crippen LogP) is 1.18. The first-order valence-electron chi connectivity index (χ1n) is 4.70. The van der Waals surface area contributed by atoms with E-state index in [2.05, 4.69) is 16.6 Å². The molecule has 1 heterocycles. The van der Waals surface area contributed by atoms with Crippen molar-refractivity contribution in [3.05, 3.63) is 23.8 Å². The van der Waals surface area contributed by atoms with Crippen LogP contribution in [0.25, 0.3) is 0 Å². The van der Waals surface area contributed by atoms with Gasteiger partial charge in [0.15, 0.2) is 6.20 Å². The number of nitrogens with zero attached hydrogens (tertiary/aromatic N) is 2. The van der Waals surface area contributed by atoms with Crippen molar-refractivity contribution in [2.75, 3.05) is 0 Å². The normalized spacial score (nSPS) is 16.8. The summed E-state index contributed by atoms with van der Waals surface area (Å²) in [4.78, 5) is 4.42. The molecule has 0 atom stereocenters. The number of aryl methyl sites for hydroxylation is 2. The van der Waals surface area contributed by atoms with E-state index in [9.17, 15) is 0 Å². The third-order valence-electron chi connectivity index (χ3n) is 2.61. The molecule has 0 aromatic carbocycles. The van der Waals surface area contributed by atoms with Crippen LogP contribution in [-0.4, -0.2) is 4.98 Å². The van der Waals surface area contributed by atoms with Crippen LogP contribution in [-0.2, 0) is 19.9 Å². The number of aromatic nitrogens is 2.